The summed E-state index contributed by atoms with van der Waals surface area (Å²) in [6.45, 7) is 8.38. The predicted octanol–water partition coefficient (Wildman–Crippen LogP) is 0.682. The number of aromatic nitrogens is 3. The van der Waals surface area contributed by atoms with Crippen LogP contribution in [0.25, 0.3) is 0 Å². The van der Waals surface area contributed by atoms with Crippen molar-refractivity contribution in [3.05, 3.63) is 5.82 Å². The molecule has 0 bridgehead atoms. The molecule has 7 nitrogen and oxygen atoms in total. The number of carbonyl (C=O) groups is 1. The van der Waals surface area contributed by atoms with Gasteiger partial charge >= 0.3 is 0 Å². The van der Waals surface area contributed by atoms with E-state index in [0.29, 0.717) is 18.8 Å². The molecule has 1 amide bonds. The van der Waals surface area contributed by atoms with Crippen molar-refractivity contribution in [2.45, 2.75) is 37.9 Å². The van der Waals surface area contributed by atoms with Gasteiger partial charge in [0.25, 0.3) is 0 Å². The molecule has 0 aliphatic carbocycles. The van der Waals surface area contributed by atoms with Gasteiger partial charge in [-0.15, -0.1) is 10.2 Å². The van der Waals surface area contributed by atoms with E-state index in [1.165, 1.54) is 0 Å². The van der Waals surface area contributed by atoms with Gasteiger partial charge in [0.2, 0.25) is 5.91 Å². The van der Waals surface area contributed by atoms with Crippen molar-refractivity contribution in [1.82, 2.24) is 19.7 Å². The van der Waals surface area contributed by atoms with Crippen LogP contribution in [0.3, 0.4) is 0 Å². The minimum Gasteiger partial charge on any atom is -0.375 e. The molecule has 1 aromatic rings. The van der Waals surface area contributed by atoms with Crippen LogP contribution in [0, 0.1) is 5.92 Å². The lowest BCUT2D eigenvalue weighted by Gasteiger charge is -2.33. The van der Waals surface area contributed by atoms with Crippen molar-refractivity contribution in [3.63, 3.8) is 0 Å². The fraction of sp³-hybridized carbons (Fsp3) is 0.800. The number of hydrogen-bond acceptors (Lipinski definition) is 6. The van der Waals surface area contributed by atoms with Crippen molar-refractivity contribution in [1.29, 1.82) is 0 Å². The van der Waals surface area contributed by atoms with Crippen LogP contribution in [0.2, 0.25) is 0 Å². The highest BCUT2D eigenvalue weighted by molar-refractivity contribution is 7.99. The average Bonchev–Trinajstić information content (AvgIpc) is 2.83. The zero-order valence-electron chi connectivity index (χ0n) is 14.2. The van der Waals surface area contributed by atoms with Crippen LogP contribution in [0.5, 0.6) is 0 Å². The van der Waals surface area contributed by atoms with Gasteiger partial charge in [-0.05, 0) is 5.92 Å². The van der Waals surface area contributed by atoms with Gasteiger partial charge in [-0.3, -0.25) is 9.69 Å². The molecule has 2 rings (SSSR count). The Bertz CT molecular complexity index is 520. The third-order valence-electron chi connectivity index (χ3n) is 3.76. The molecular formula is C15H27N5O2S. The highest BCUT2D eigenvalue weighted by Gasteiger charge is 2.22. The molecule has 23 heavy (non-hydrogen) atoms. The number of morpholine rings is 1. The third kappa shape index (κ3) is 5.78. The Morgan fingerprint density at radius 2 is 2.26 bits per heavy atom. The number of rotatable bonds is 8. The van der Waals surface area contributed by atoms with Crippen molar-refractivity contribution in [3.8, 4) is 0 Å². The highest BCUT2D eigenvalue weighted by atomic mass is 32.2. The molecule has 1 aliphatic rings. The van der Waals surface area contributed by atoms with E-state index in [0.717, 1.165) is 43.0 Å². The number of nitrogens with two attached hydrogens (primary N) is 1. The second-order valence-corrected chi connectivity index (χ2v) is 7.37. The van der Waals surface area contributed by atoms with Gasteiger partial charge in [-0.1, -0.05) is 25.6 Å². The molecule has 1 saturated heterocycles. The topological polar surface area (TPSA) is 86.3 Å². The molecule has 1 aromatic heterocycles. The third-order valence-corrected chi connectivity index (χ3v) is 4.92. The lowest BCUT2D eigenvalue weighted by atomic mass is 10.2. The number of hydrogen-bond donors (Lipinski definition) is 1. The minimum atomic E-state index is -0.317. The summed E-state index contributed by atoms with van der Waals surface area (Å²) in [5, 5.41) is 9.19. The summed E-state index contributed by atoms with van der Waals surface area (Å²) in [6, 6.07) is 0. The van der Waals surface area contributed by atoms with Crippen LogP contribution in [0.4, 0.5) is 0 Å². The molecule has 0 radical (unpaired) electrons. The normalized spacial score (nSPS) is 19.4. The van der Waals surface area contributed by atoms with Crippen LogP contribution < -0.4 is 5.73 Å². The number of primary amides is 1. The largest absolute Gasteiger partial charge is 0.375 e. The molecule has 8 heteroatoms. The first kappa shape index (κ1) is 18.2. The van der Waals surface area contributed by atoms with Crippen molar-refractivity contribution in [2.75, 3.05) is 32.0 Å². The first-order chi connectivity index (χ1) is 11.0. The molecular weight excluding hydrogens is 314 g/mol. The summed E-state index contributed by atoms with van der Waals surface area (Å²) < 4.78 is 7.79. The molecule has 1 aliphatic heterocycles. The average molecular weight is 341 g/mol. The standard InChI is InChI=1S/C15H27N5O2S/c1-11(2)8-20-6-7-22-12(9-20)10-23-15-18-17-14(19(15)3)5-4-13(16)21/h11-12H,4-10H2,1-3H3,(H2,16,21)/t12-/m1/s1. The number of thioether (sulfide) groups is 1. The van der Waals surface area contributed by atoms with E-state index in [-0.39, 0.29) is 12.0 Å². The van der Waals surface area contributed by atoms with Crippen LogP contribution in [-0.2, 0) is 23.0 Å². The van der Waals surface area contributed by atoms with E-state index in [2.05, 4.69) is 28.9 Å². The molecule has 0 aromatic carbocycles. The number of nitrogens with zero attached hydrogens (tertiary/aromatic N) is 4. The van der Waals surface area contributed by atoms with E-state index in [1.54, 1.807) is 11.8 Å². The maximum absolute atomic E-state index is 10.9. The Labute approximate surface area is 141 Å². The first-order valence-electron chi connectivity index (χ1n) is 8.09. The number of amides is 1. The molecule has 130 valence electrons. The van der Waals surface area contributed by atoms with Gasteiger partial charge < -0.3 is 15.0 Å². The van der Waals surface area contributed by atoms with Crippen molar-refractivity contribution >= 4 is 17.7 Å². The monoisotopic (exact) mass is 341 g/mol. The number of aryl methyl sites for hydroxylation is 1. The maximum atomic E-state index is 10.9. The molecule has 2 N–H and O–H groups in total. The van der Waals surface area contributed by atoms with Crippen molar-refractivity contribution in [2.24, 2.45) is 18.7 Å². The predicted molar refractivity (Wildman–Crippen MR) is 90.3 cm³/mol. The van der Waals surface area contributed by atoms with Gasteiger partial charge in [0.1, 0.15) is 5.82 Å². The Morgan fingerprint density at radius 3 is 2.96 bits per heavy atom. The van der Waals surface area contributed by atoms with Crippen molar-refractivity contribution < 1.29 is 9.53 Å². The molecule has 2 heterocycles. The SMILES string of the molecule is CC(C)CN1CCO[C@@H](CSc2nnc(CCC(N)=O)n2C)C1. The zero-order valence-corrected chi connectivity index (χ0v) is 15.0. The fourth-order valence-electron chi connectivity index (χ4n) is 2.65. The van der Waals surface area contributed by atoms with E-state index >= 15 is 0 Å². The van der Waals surface area contributed by atoms with E-state index in [1.807, 2.05) is 11.6 Å². The summed E-state index contributed by atoms with van der Waals surface area (Å²) in [6.07, 6.45) is 1.05. The summed E-state index contributed by atoms with van der Waals surface area (Å²) in [5.41, 5.74) is 5.18. The van der Waals surface area contributed by atoms with Crippen LogP contribution in [0.1, 0.15) is 26.1 Å². The molecule has 0 saturated carbocycles. The second-order valence-electron chi connectivity index (χ2n) is 6.38. The Hall–Kier alpha value is -1.12. The lowest BCUT2D eigenvalue weighted by Crippen LogP contribution is -2.44. The van der Waals surface area contributed by atoms with Gasteiger partial charge in [0.15, 0.2) is 5.16 Å². The summed E-state index contributed by atoms with van der Waals surface area (Å²) in [5.74, 6) is 2.00. The molecule has 1 fully saturated rings. The molecule has 0 spiro atoms. The molecule has 1 atom stereocenters. The van der Waals surface area contributed by atoms with E-state index in [9.17, 15) is 4.79 Å². The Morgan fingerprint density at radius 1 is 1.48 bits per heavy atom. The van der Waals surface area contributed by atoms with Gasteiger partial charge in [0, 0.05) is 45.3 Å². The Kier molecular flexibility index (Phi) is 6.86. The van der Waals surface area contributed by atoms with Gasteiger partial charge in [-0.2, -0.15) is 0 Å². The van der Waals surface area contributed by atoms with Gasteiger partial charge in [-0.25, -0.2) is 0 Å². The molecule has 0 unspecified atom stereocenters. The summed E-state index contributed by atoms with van der Waals surface area (Å²) in [7, 11) is 1.92. The van der Waals surface area contributed by atoms with Crippen LogP contribution in [0.15, 0.2) is 5.16 Å². The minimum absolute atomic E-state index is 0.221. The van der Waals surface area contributed by atoms with Crippen LogP contribution in [-0.4, -0.2) is 63.7 Å². The number of ether oxygens (including phenoxy) is 1. The fourth-order valence-corrected chi connectivity index (χ4v) is 3.59. The highest BCUT2D eigenvalue weighted by Crippen LogP contribution is 2.20. The summed E-state index contributed by atoms with van der Waals surface area (Å²) in [4.78, 5) is 13.3. The first-order valence-corrected chi connectivity index (χ1v) is 9.07. The zero-order chi connectivity index (χ0) is 16.8. The lowest BCUT2D eigenvalue weighted by molar-refractivity contribution is -0.118. The second kappa shape index (κ2) is 8.65. The van der Waals surface area contributed by atoms with E-state index < -0.39 is 0 Å². The van der Waals surface area contributed by atoms with E-state index in [4.69, 9.17) is 10.5 Å². The summed E-state index contributed by atoms with van der Waals surface area (Å²) >= 11 is 1.65. The van der Waals surface area contributed by atoms with Gasteiger partial charge in [0.05, 0.1) is 12.7 Å². The number of carbonyl (C=O) groups excluding carboxylic acids is 1. The van der Waals surface area contributed by atoms with Crippen LogP contribution >= 0.6 is 11.8 Å². The smallest absolute Gasteiger partial charge is 0.217 e. The maximum Gasteiger partial charge on any atom is 0.217 e. The quantitative estimate of drug-likeness (QED) is 0.700. The Balaban J connectivity index is 1.82.